The molecular weight excluding hydrogens is 360 g/mol. The van der Waals surface area contributed by atoms with E-state index in [-0.39, 0.29) is 18.4 Å². The Kier molecular flexibility index (Phi) is 4.77. The van der Waals surface area contributed by atoms with E-state index < -0.39 is 29.3 Å². The van der Waals surface area contributed by atoms with Gasteiger partial charge in [0.1, 0.15) is 5.60 Å². The van der Waals surface area contributed by atoms with Gasteiger partial charge in [0.15, 0.2) is 6.29 Å². The van der Waals surface area contributed by atoms with E-state index in [0.29, 0.717) is 13.1 Å². The van der Waals surface area contributed by atoms with Gasteiger partial charge in [0.25, 0.3) is 0 Å². The molecule has 150 valence electrons. The van der Waals surface area contributed by atoms with E-state index in [9.17, 15) is 9.59 Å². The fourth-order valence-corrected chi connectivity index (χ4v) is 4.75. The first-order valence-electron chi connectivity index (χ1n) is 9.49. The van der Waals surface area contributed by atoms with Crippen molar-refractivity contribution >= 4 is 11.8 Å². The third kappa shape index (κ3) is 2.94. The maximum Gasteiger partial charge on any atom is 0.230 e. The number of hydrogen-bond acceptors (Lipinski definition) is 5. The molecule has 1 N–H and O–H groups in total. The van der Waals surface area contributed by atoms with Gasteiger partial charge in [-0.2, -0.15) is 0 Å². The van der Waals surface area contributed by atoms with E-state index >= 15 is 0 Å². The lowest BCUT2D eigenvalue weighted by Crippen LogP contribution is -2.49. The van der Waals surface area contributed by atoms with E-state index in [2.05, 4.69) is 5.32 Å². The molecule has 3 heterocycles. The number of likely N-dealkylation sites (tertiary alicyclic amines) is 1. The van der Waals surface area contributed by atoms with Crippen LogP contribution in [-0.4, -0.2) is 61.5 Å². The van der Waals surface area contributed by atoms with Gasteiger partial charge in [-0.3, -0.25) is 9.59 Å². The van der Waals surface area contributed by atoms with Gasteiger partial charge in [-0.25, -0.2) is 0 Å². The van der Waals surface area contributed by atoms with E-state index in [1.807, 2.05) is 49.4 Å². The van der Waals surface area contributed by atoms with Crippen molar-refractivity contribution in [2.75, 3.05) is 27.3 Å². The van der Waals surface area contributed by atoms with Gasteiger partial charge in [0.05, 0.1) is 30.5 Å². The zero-order valence-corrected chi connectivity index (χ0v) is 16.4. The number of nitrogens with zero attached hydrogens (tertiary/aromatic N) is 1. The summed E-state index contributed by atoms with van der Waals surface area (Å²) in [5, 5.41) is 2.86. The smallest absolute Gasteiger partial charge is 0.230 e. The molecule has 7 nitrogen and oxygen atoms in total. The van der Waals surface area contributed by atoms with Crippen LogP contribution in [0.5, 0.6) is 0 Å². The monoisotopic (exact) mass is 386 g/mol. The van der Waals surface area contributed by atoms with Crippen LogP contribution in [0, 0.1) is 11.8 Å². The number of carbonyl (C=O) groups excluding carboxylic acids is 2. The van der Waals surface area contributed by atoms with Crippen molar-refractivity contribution in [1.82, 2.24) is 10.2 Å². The lowest BCUT2D eigenvalue weighted by molar-refractivity contribution is -0.141. The minimum atomic E-state index is -0.779. The first-order valence-corrected chi connectivity index (χ1v) is 9.49. The van der Waals surface area contributed by atoms with Crippen molar-refractivity contribution < 1.29 is 23.8 Å². The van der Waals surface area contributed by atoms with Gasteiger partial charge in [0.2, 0.25) is 11.8 Å². The van der Waals surface area contributed by atoms with Crippen LogP contribution in [0.25, 0.3) is 0 Å². The molecule has 0 aliphatic carbocycles. The third-order valence-corrected chi connectivity index (χ3v) is 6.07. The zero-order chi connectivity index (χ0) is 19.9. The van der Waals surface area contributed by atoms with Gasteiger partial charge >= 0.3 is 0 Å². The van der Waals surface area contributed by atoms with E-state index in [1.165, 1.54) is 14.2 Å². The van der Waals surface area contributed by atoms with Gasteiger partial charge in [-0.05, 0) is 12.5 Å². The molecule has 2 amide bonds. The number of benzene rings is 1. The molecule has 4 rings (SSSR count). The topological polar surface area (TPSA) is 77.1 Å². The molecule has 0 aromatic heterocycles. The summed E-state index contributed by atoms with van der Waals surface area (Å²) in [5.74, 6) is -1.35. The van der Waals surface area contributed by atoms with Crippen LogP contribution in [0.2, 0.25) is 0 Å². The number of methoxy groups -OCH3 is 2. The van der Waals surface area contributed by atoms with Crippen LogP contribution >= 0.6 is 0 Å². The zero-order valence-electron chi connectivity index (χ0n) is 16.4. The molecular formula is C21H26N2O5. The highest BCUT2D eigenvalue weighted by Gasteiger charge is 2.71. The Morgan fingerprint density at radius 3 is 2.68 bits per heavy atom. The Morgan fingerprint density at radius 1 is 1.29 bits per heavy atom. The average Bonchev–Trinajstić information content (AvgIpc) is 3.25. The molecule has 2 bridgehead atoms. The molecule has 3 aliphatic heterocycles. The SMILES string of the molecule is COC(CNC(=O)C1[C@@H]2C(=O)N(Cc3ccccc3)CC23C=C[C@@]1(C)O3)OC. The fraction of sp³-hybridized carbons (Fsp3) is 0.524. The molecule has 0 radical (unpaired) electrons. The fourth-order valence-electron chi connectivity index (χ4n) is 4.75. The van der Waals surface area contributed by atoms with E-state index in [1.54, 1.807) is 4.90 Å². The highest BCUT2D eigenvalue weighted by Crippen LogP contribution is 2.57. The number of carbonyl (C=O) groups is 2. The van der Waals surface area contributed by atoms with Crippen molar-refractivity contribution in [3.05, 3.63) is 48.0 Å². The highest BCUT2D eigenvalue weighted by atomic mass is 16.7. The van der Waals surface area contributed by atoms with Crippen molar-refractivity contribution in [1.29, 1.82) is 0 Å². The number of fused-ring (bicyclic) bond motifs is 1. The van der Waals surface area contributed by atoms with E-state index in [4.69, 9.17) is 14.2 Å². The van der Waals surface area contributed by atoms with E-state index in [0.717, 1.165) is 5.56 Å². The Labute approximate surface area is 164 Å². The minimum absolute atomic E-state index is 0.0351. The molecule has 1 aromatic carbocycles. The number of amides is 2. The summed E-state index contributed by atoms with van der Waals surface area (Å²) in [6.07, 6.45) is 3.36. The molecule has 7 heteroatoms. The lowest BCUT2D eigenvalue weighted by atomic mass is 9.72. The van der Waals surface area contributed by atoms with Crippen molar-refractivity contribution in [2.45, 2.75) is 31.0 Å². The number of rotatable bonds is 7. The molecule has 1 aromatic rings. The van der Waals surface area contributed by atoms with Gasteiger partial charge in [-0.15, -0.1) is 0 Å². The predicted octanol–water partition coefficient (Wildman–Crippen LogP) is 1.09. The van der Waals surface area contributed by atoms with Gasteiger partial charge in [0, 0.05) is 20.8 Å². The third-order valence-electron chi connectivity index (χ3n) is 6.07. The lowest BCUT2D eigenvalue weighted by Gasteiger charge is -2.29. The second-order valence-electron chi connectivity index (χ2n) is 7.86. The summed E-state index contributed by atoms with van der Waals surface area (Å²) in [4.78, 5) is 28.1. The summed E-state index contributed by atoms with van der Waals surface area (Å²) in [6.45, 7) is 3.05. The van der Waals surface area contributed by atoms with Crippen LogP contribution in [0.15, 0.2) is 42.5 Å². The highest BCUT2D eigenvalue weighted by molar-refractivity contribution is 5.93. The van der Waals surface area contributed by atoms with Crippen LogP contribution in [0.1, 0.15) is 12.5 Å². The van der Waals surface area contributed by atoms with Crippen LogP contribution < -0.4 is 5.32 Å². The Morgan fingerprint density at radius 2 is 2.00 bits per heavy atom. The molecule has 2 unspecified atom stereocenters. The second-order valence-corrected chi connectivity index (χ2v) is 7.86. The quantitative estimate of drug-likeness (QED) is 0.561. The Hall–Kier alpha value is -2.22. The molecule has 1 spiro atoms. The minimum Gasteiger partial charge on any atom is -0.357 e. The number of ether oxygens (including phenoxy) is 3. The molecule has 4 atom stereocenters. The molecule has 0 saturated carbocycles. The summed E-state index contributed by atoms with van der Waals surface area (Å²) >= 11 is 0. The standard InChI is InChI=1S/C21H26N2O5/c1-20-9-10-21(28-20)13-23(12-14-7-5-4-6-8-14)19(25)17(21)16(20)18(24)22-11-15(26-2)27-3/h4-10,15-17H,11-13H2,1-3H3,(H,22,24)/t16?,17-,20-,21?/m1/s1. The molecule has 28 heavy (non-hydrogen) atoms. The number of nitrogens with one attached hydrogen (secondary N) is 1. The average molecular weight is 386 g/mol. The summed E-state index contributed by atoms with van der Waals surface area (Å²) in [5.41, 5.74) is -0.454. The predicted molar refractivity (Wildman–Crippen MR) is 101 cm³/mol. The number of hydrogen-bond donors (Lipinski definition) is 1. The summed E-state index contributed by atoms with van der Waals surface area (Å²) < 4.78 is 16.6. The second kappa shape index (κ2) is 6.99. The molecule has 3 aliphatic rings. The Bertz CT molecular complexity index is 793. The summed E-state index contributed by atoms with van der Waals surface area (Å²) in [6, 6.07) is 9.85. The van der Waals surface area contributed by atoms with Crippen molar-refractivity contribution in [3.8, 4) is 0 Å². The van der Waals surface area contributed by atoms with Gasteiger partial charge in [-0.1, -0.05) is 42.5 Å². The largest absolute Gasteiger partial charge is 0.357 e. The van der Waals surface area contributed by atoms with Gasteiger partial charge < -0.3 is 24.4 Å². The molecule has 2 fully saturated rings. The maximum atomic E-state index is 13.3. The van der Waals surface area contributed by atoms with Crippen LogP contribution in [-0.2, 0) is 30.3 Å². The van der Waals surface area contributed by atoms with Crippen LogP contribution in [0.3, 0.4) is 0 Å². The summed E-state index contributed by atoms with van der Waals surface area (Å²) in [7, 11) is 3.03. The Balaban J connectivity index is 1.54. The van der Waals surface area contributed by atoms with Crippen molar-refractivity contribution in [3.63, 3.8) is 0 Å². The molecule has 2 saturated heterocycles. The van der Waals surface area contributed by atoms with Crippen molar-refractivity contribution in [2.24, 2.45) is 11.8 Å². The normalized spacial score (nSPS) is 33.0. The van der Waals surface area contributed by atoms with Crippen LogP contribution in [0.4, 0.5) is 0 Å². The maximum absolute atomic E-state index is 13.3. The first-order chi connectivity index (χ1) is 13.4. The first kappa shape index (κ1) is 19.1.